The summed E-state index contributed by atoms with van der Waals surface area (Å²) in [6.45, 7) is 3.33. The molecule has 0 aliphatic carbocycles. The number of aryl methyl sites for hydroxylation is 2. The van der Waals surface area contributed by atoms with Gasteiger partial charge in [-0.2, -0.15) is 8.42 Å². The minimum absolute atomic E-state index is 0.0151. The smallest absolute Gasteiger partial charge is 0.264 e. The molecule has 3 aromatic carbocycles. The van der Waals surface area contributed by atoms with Crippen LogP contribution in [-0.2, 0) is 24.3 Å². The molecule has 8 heteroatoms. The van der Waals surface area contributed by atoms with Gasteiger partial charge in [0, 0.05) is 0 Å². The summed E-state index contributed by atoms with van der Waals surface area (Å²) < 4.78 is 58.6. The summed E-state index contributed by atoms with van der Waals surface area (Å²) in [4.78, 5) is 0.108. The summed E-state index contributed by atoms with van der Waals surface area (Å²) >= 11 is 0. The van der Waals surface area contributed by atoms with E-state index in [2.05, 4.69) is 4.72 Å². The molecule has 0 saturated carbocycles. The molecule has 3 aromatic rings. The van der Waals surface area contributed by atoms with E-state index >= 15 is 0 Å². The van der Waals surface area contributed by atoms with Crippen LogP contribution in [-0.4, -0.2) is 23.4 Å². The van der Waals surface area contributed by atoms with E-state index < -0.39 is 26.2 Å². The number of rotatable bonds is 8. The van der Waals surface area contributed by atoms with Gasteiger partial charge in [-0.25, -0.2) is 13.1 Å². The molecule has 0 aliphatic heterocycles. The fraction of sp³-hybridized carbons (Fsp3) is 0.182. The fourth-order valence-corrected chi connectivity index (χ4v) is 4.92. The number of sulfonamides is 1. The van der Waals surface area contributed by atoms with Gasteiger partial charge in [0.2, 0.25) is 10.0 Å². The molecular weight excluding hydrogens is 422 g/mol. The molecule has 0 fully saturated rings. The Bertz CT molecular complexity index is 1190. The highest BCUT2D eigenvalue weighted by molar-refractivity contribution is 7.89. The lowest BCUT2D eigenvalue weighted by molar-refractivity contribution is 0.284. The Morgan fingerprint density at radius 3 is 1.77 bits per heavy atom. The Balaban J connectivity index is 1.85. The number of hydrogen-bond donors (Lipinski definition) is 1. The van der Waals surface area contributed by atoms with Gasteiger partial charge in [0.05, 0.1) is 22.4 Å². The van der Waals surface area contributed by atoms with E-state index in [1.807, 2.05) is 13.8 Å². The van der Waals surface area contributed by atoms with Gasteiger partial charge in [-0.1, -0.05) is 65.7 Å². The first-order valence-electron chi connectivity index (χ1n) is 9.27. The fourth-order valence-electron chi connectivity index (χ4n) is 2.79. The maximum Gasteiger partial charge on any atom is 0.297 e. The zero-order valence-electron chi connectivity index (χ0n) is 16.6. The minimum Gasteiger partial charge on any atom is -0.264 e. The number of nitrogens with one attached hydrogen (secondary N) is 1. The molecule has 0 amide bonds. The summed E-state index contributed by atoms with van der Waals surface area (Å²) in [5, 5.41) is 0. The van der Waals surface area contributed by atoms with Crippen LogP contribution in [0.25, 0.3) is 0 Å². The zero-order valence-corrected chi connectivity index (χ0v) is 18.3. The number of benzene rings is 3. The standard InChI is InChI=1S/C22H23NO5S2/c1-17-8-12-20(13-9-17)29(24,25)23-22(19-6-4-3-5-7-19)16-28-30(26,27)21-14-10-18(2)11-15-21/h3-15,22-23H,16H2,1-2H3/t22-/m1/s1. The Labute approximate surface area is 177 Å². The molecule has 0 spiro atoms. The summed E-state index contributed by atoms with van der Waals surface area (Å²) in [6.07, 6.45) is 0. The van der Waals surface area contributed by atoms with Crippen molar-refractivity contribution in [3.63, 3.8) is 0 Å². The van der Waals surface area contributed by atoms with Crippen molar-refractivity contribution in [3.05, 3.63) is 95.6 Å². The van der Waals surface area contributed by atoms with Gasteiger partial charge >= 0.3 is 0 Å². The molecular formula is C22H23NO5S2. The molecule has 30 heavy (non-hydrogen) atoms. The van der Waals surface area contributed by atoms with Crippen molar-refractivity contribution in [1.82, 2.24) is 4.72 Å². The maximum atomic E-state index is 12.8. The molecule has 0 aromatic heterocycles. The molecule has 0 aliphatic rings. The second-order valence-electron chi connectivity index (χ2n) is 6.95. The van der Waals surface area contributed by atoms with Crippen LogP contribution >= 0.6 is 0 Å². The predicted octanol–water partition coefficient (Wildman–Crippen LogP) is 3.73. The van der Waals surface area contributed by atoms with Gasteiger partial charge in [-0.05, 0) is 43.7 Å². The molecule has 0 heterocycles. The second kappa shape index (κ2) is 9.09. The molecule has 1 N–H and O–H groups in total. The van der Waals surface area contributed by atoms with Crippen LogP contribution in [0.15, 0.2) is 88.7 Å². The second-order valence-corrected chi connectivity index (χ2v) is 10.3. The summed E-state index contributed by atoms with van der Waals surface area (Å²) in [7, 11) is -7.93. The van der Waals surface area contributed by atoms with Gasteiger partial charge < -0.3 is 0 Å². The molecule has 0 radical (unpaired) electrons. The first kappa shape index (κ1) is 22.2. The molecule has 6 nitrogen and oxygen atoms in total. The van der Waals surface area contributed by atoms with Crippen molar-refractivity contribution in [2.75, 3.05) is 6.61 Å². The Morgan fingerprint density at radius 2 is 1.23 bits per heavy atom. The predicted molar refractivity (Wildman–Crippen MR) is 115 cm³/mol. The summed E-state index contributed by atoms with van der Waals surface area (Å²) in [5.41, 5.74) is 2.44. The average Bonchev–Trinajstić information content (AvgIpc) is 2.72. The lowest BCUT2D eigenvalue weighted by atomic mass is 10.1. The maximum absolute atomic E-state index is 12.8. The first-order valence-corrected chi connectivity index (χ1v) is 12.2. The van der Waals surface area contributed by atoms with E-state index in [4.69, 9.17) is 4.18 Å². The van der Waals surface area contributed by atoms with Gasteiger partial charge in [0.1, 0.15) is 0 Å². The van der Waals surface area contributed by atoms with Crippen LogP contribution in [0, 0.1) is 13.8 Å². The quantitative estimate of drug-likeness (QED) is 0.534. The van der Waals surface area contributed by atoms with E-state index in [-0.39, 0.29) is 16.4 Å². The Morgan fingerprint density at radius 1 is 0.733 bits per heavy atom. The van der Waals surface area contributed by atoms with E-state index in [0.717, 1.165) is 11.1 Å². The zero-order chi connectivity index (χ0) is 21.8. The van der Waals surface area contributed by atoms with Gasteiger partial charge in [-0.3, -0.25) is 4.18 Å². The van der Waals surface area contributed by atoms with E-state index in [9.17, 15) is 16.8 Å². The van der Waals surface area contributed by atoms with Gasteiger partial charge in [0.25, 0.3) is 10.1 Å². The lowest BCUT2D eigenvalue weighted by Gasteiger charge is -2.19. The monoisotopic (exact) mass is 445 g/mol. The van der Waals surface area contributed by atoms with Crippen molar-refractivity contribution in [1.29, 1.82) is 0 Å². The van der Waals surface area contributed by atoms with Crippen LogP contribution in [0.4, 0.5) is 0 Å². The minimum atomic E-state index is -4.04. The largest absolute Gasteiger partial charge is 0.297 e. The Hall–Kier alpha value is -2.52. The highest BCUT2D eigenvalue weighted by Gasteiger charge is 2.25. The van der Waals surface area contributed by atoms with Crippen molar-refractivity contribution < 1.29 is 21.0 Å². The van der Waals surface area contributed by atoms with Crippen LogP contribution in [0.5, 0.6) is 0 Å². The Kier molecular flexibility index (Phi) is 6.72. The van der Waals surface area contributed by atoms with Gasteiger partial charge in [-0.15, -0.1) is 0 Å². The van der Waals surface area contributed by atoms with Crippen molar-refractivity contribution in [3.8, 4) is 0 Å². The summed E-state index contributed by atoms with van der Waals surface area (Å²) in [6, 6.07) is 20.5. The average molecular weight is 446 g/mol. The van der Waals surface area contributed by atoms with E-state index in [1.165, 1.54) is 24.3 Å². The molecule has 0 bridgehead atoms. The molecule has 0 unspecified atom stereocenters. The highest BCUT2D eigenvalue weighted by Crippen LogP contribution is 2.21. The van der Waals surface area contributed by atoms with Crippen LogP contribution in [0.1, 0.15) is 22.7 Å². The third-order valence-corrected chi connectivity index (χ3v) is 7.31. The third kappa shape index (κ3) is 5.54. The normalized spacial score (nSPS) is 13.1. The lowest BCUT2D eigenvalue weighted by Crippen LogP contribution is -2.32. The molecule has 158 valence electrons. The van der Waals surface area contributed by atoms with E-state index in [0.29, 0.717) is 5.56 Å². The molecule has 1 atom stereocenters. The number of hydrogen-bond acceptors (Lipinski definition) is 5. The molecule has 3 rings (SSSR count). The van der Waals surface area contributed by atoms with Crippen LogP contribution < -0.4 is 4.72 Å². The van der Waals surface area contributed by atoms with Gasteiger partial charge in [0.15, 0.2) is 0 Å². The molecule has 0 saturated heterocycles. The van der Waals surface area contributed by atoms with Crippen molar-refractivity contribution in [2.45, 2.75) is 29.7 Å². The topological polar surface area (TPSA) is 89.5 Å². The SMILES string of the molecule is Cc1ccc(S(=O)(=O)N[C@H](COS(=O)(=O)c2ccc(C)cc2)c2ccccc2)cc1. The third-order valence-electron chi connectivity index (χ3n) is 4.53. The summed E-state index contributed by atoms with van der Waals surface area (Å²) in [5.74, 6) is 0. The first-order chi connectivity index (χ1) is 14.2. The highest BCUT2D eigenvalue weighted by atomic mass is 32.2. The van der Waals surface area contributed by atoms with Crippen LogP contribution in [0.3, 0.4) is 0 Å². The van der Waals surface area contributed by atoms with Crippen molar-refractivity contribution >= 4 is 20.1 Å². The van der Waals surface area contributed by atoms with E-state index in [1.54, 1.807) is 54.6 Å². The van der Waals surface area contributed by atoms with Crippen LogP contribution in [0.2, 0.25) is 0 Å². The van der Waals surface area contributed by atoms with Crippen molar-refractivity contribution in [2.24, 2.45) is 0 Å².